The summed E-state index contributed by atoms with van der Waals surface area (Å²) in [6, 6.07) is 11.3. The molecule has 0 unspecified atom stereocenters. The number of benzene rings is 1. The molecule has 1 aromatic rings. The fourth-order valence-corrected chi connectivity index (χ4v) is 2.01. The lowest BCUT2D eigenvalue weighted by molar-refractivity contribution is 0.284. The quantitative estimate of drug-likeness (QED) is 0.735. The average molecular weight is 272 g/mol. The van der Waals surface area contributed by atoms with E-state index in [1.807, 2.05) is 26.0 Å². The fourth-order valence-electron chi connectivity index (χ4n) is 2.01. The molecule has 0 amide bonds. The summed E-state index contributed by atoms with van der Waals surface area (Å²) in [5.41, 5.74) is 1.05. The zero-order chi connectivity index (χ0) is 14.4. The molecule has 1 aromatic carbocycles. The molecule has 2 rings (SSSR count). The minimum absolute atomic E-state index is 0.248. The molecule has 0 saturated heterocycles. The molecule has 1 aliphatic carbocycles. The van der Waals surface area contributed by atoms with Gasteiger partial charge in [0.1, 0.15) is 5.75 Å². The molecule has 0 aromatic heterocycles. The number of hydrogen-bond acceptors (Lipinski definition) is 3. The number of ether oxygens (including phenoxy) is 1. The van der Waals surface area contributed by atoms with E-state index in [1.165, 1.54) is 18.4 Å². The fraction of sp³-hybridized carbons (Fsp3) is 0.588. The Kier molecular flexibility index (Phi) is 5.03. The second-order valence-electron chi connectivity index (χ2n) is 6.25. The second-order valence-corrected chi connectivity index (χ2v) is 6.25. The molecule has 0 atom stereocenters. The molecule has 20 heavy (non-hydrogen) atoms. The Morgan fingerprint density at radius 1 is 1.30 bits per heavy atom. The van der Waals surface area contributed by atoms with Crippen LogP contribution in [0, 0.1) is 16.7 Å². The first-order valence-electron chi connectivity index (χ1n) is 7.45. The van der Waals surface area contributed by atoms with Crippen molar-refractivity contribution in [2.75, 3.05) is 6.61 Å². The summed E-state index contributed by atoms with van der Waals surface area (Å²) < 4.78 is 5.71. The van der Waals surface area contributed by atoms with Gasteiger partial charge in [0.2, 0.25) is 0 Å². The van der Waals surface area contributed by atoms with Crippen molar-refractivity contribution in [1.82, 2.24) is 5.32 Å². The molecule has 108 valence electrons. The van der Waals surface area contributed by atoms with Crippen molar-refractivity contribution in [3.63, 3.8) is 0 Å². The summed E-state index contributed by atoms with van der Waals surface area (Å²) in [4.78, 5) is 0. The van der Waals surface area contributed by atoms with Crippen LogP contribution in [0.1, 0.15) is 45.1 Å². The summed E-state index contributed by atoms with van der Waals surface area (Å²) in [7, 11) is 0. The van der Waals surface area contributed by atoms with Gasteiger partial charge in [-0.1, -0.05) is 12.1 Å². The SMILES string of the molecule is CC(C)(C#N)CCCOc1ccc(CNC2CC2)cc1. The van der Waals surface area contributed by atoms with E-state index in [0.717, 1.165) is 31.2 Å². The molecule has 0 radical (unpaired) electrons. The van der Waals surface area contributed by atoms with Crippen LogP contribution in [0.15, 0.2) is 24.3 Å². The van der Waals surface area contributed by atoms with Crippen LogP contribution in [0.5, 0.6) is 5.75 Å². The zero-order valence-electron chi connectivity index (χ0n) is 12.5. The van der Waals surface area contributed by atoms with Gasteiger partial charge >= 0.3 is 0 Å². The van der Waals surface area contributed by atoms with E-state index in [-0.39, 0.29) is 5.41 Å². The van der Waals surface area contributed by atoms with Gasteiger partial charge in [-0.05, 0) is 57.2 Å². The third kappa shape index (κ3) is 5.22. The lowest BCUT2D eigenvalue weighted by atomic mass is 9.90. The average Bonchev–Trinajstić information content (AvgIpc) is 3.27. The number of hydrogen-bond donors (Lipinski definition) is 1. The summed E-state index contributed by atoms with van der Waals surface area (Å²) in [5.74, 6) is 0.912. The lowest BCUT2D eigenvalue weighted by Crippen LogP contribution is -2.15. The number of nitriles is 1. The number of rotatable bonds is 8. The Morgan fingerprint density at radius 3 is 2.60 bits per heavy atom. The van der Waals surface area contributed by atoms with E-state index < -0.39 is 0 Å². The maximum absolute atomic E-state index is 8.94. The number of nitrogens with one attached hydrogen (secondary N) is 1. The minimum atomic E-state index is -0.248. The molecule has 0 spiro atoms. The first-order valence-corrected chi connectivity index (χ1v) is 7.45. The van der Waals surface area contributed by atoms with Gasteiger partial charge in [-0.15, -0.1) is 0 Å². The molecule has 0 heterocycles. The summed E-state index contributed by atoms with van der Waals surface area (Å²) in [6.07, 6.45) is 4.42. The number of nitrogens with zero attached hydrogens (tertiary/aromatic N) is 1. The summed E-state index contributed by atoms with van der Waals surface area (Å²) in [5, 5.41) is 12.4. The first kappa shape index (κ1) is 14.9. The van der Waals surface area contributed by atoms with Crippen LogP contribution in [0.2, 0.25) is 0 Å². The highest BCUT2D eigenvalue weighted by molar-refractivity contribution is 5.27. The Labute approximate surface area is 121 Å². The maximum Gasteiger partial charge on any atom is 0.119 e. The van der Waals surface area contributed by atoms with Crippen molar-refractivity contribution in [2.24, 2.45) is 5.41 Å². The maximum atomic E-state index is 8.94. The van der Waals surface area contributed by atoms with Crippen LogP contribution >= 0.6 is 0 Å². The standard InChI is InChI=1S/C17H24N2O/c1-17(2,13-18)10-3-11-20-16-8-4-14(5-9-16)12-19-15-6-7-15/h4-5,8-9,15,19H,3,6-7,10-12H2,1-2H3. The van der Waals surface area contributed by atoms with Crippen molar-refractivity contribution in [3.05, 3.63) is 29.8 Å². The molecule has 3 heteroatoms. The first-order chi connectivity index (χ1) is 9.59. The van der Waals surface area contributed by atoms with Gasteiger partial charge in [-0.3, -0.25) is 0 Å². The lowest BCUT2D eigenvalue weighted by Gasteiger charge is -2.14. The summed E-state index contributed by atoms with van der Waals surface area (Å²) >= 11 is 0. The van der Waals surface area contributed by atoms with Crippen LogP contribution in [0.4, 0.5) is 0 Å². The van der Waals surface area contributed by atoms with Gasteiger partial charge in [0.05, 0.1) is 18.1 Å². The van der Waals surface area contributed by atoms with E-state index >= 15 is 0 Å². The van der Waals surface area contributed by atoms with E-state index in [0.29, 0.717) is 6.61 Å². The van der Waals surface area contributed by atoms with Gasteiger partial charge in [0.15, 0.2) is 0 Å². The Morgan fingerprint density at radius 2 is 2.00 bits per heavy atom. The van der Waals surface area contributed by atoms with E-state index in [4.69, 9.17) is 10.00 Å². The van der Waals surface area contributed by atoms with E-state index in [2.05, 4.69) is 23.5 Å². The molecule has 1 saturated carbocycles. The third-order valence-corrected chi connectivity index (χ3v) is 3.61. The molecule has 1 N–H and O–H groups in total. The van der Waals surface area contributed by atoms with E-state index in [9.17, 15) is 0 Å². The van der Waals surface area contributed by atoms with Gasteiger partial charge in [0, 0.05) is 12.6 Å². The predicted octanol–water partition coefficient (Wildman–Crippen LogP) is 3.65. The molecule has 0 aliphatic heterocycles. The van der Waals surface area contributed by atoms with Gasteiger partial charge in [-0.25, -0.2) is 0 Å². The van der Waals surface area contributed by atoms with Crippen LogP contribution < -0.4 is 10.1 Å². The second kappa shape index (κ2) is 6.76. The highest BCUT2D eigenvalue weighted by Gasteiger charge is 2.19. The normalized spacial score (nSPS) is 14.8. The van der Waals surface area contributed by atoms with E-state index in [1.54, 1.807) is 0 Å². The molecule has 1 fully saturated rings. The van der Waals surface area contributed by atoms with Crippen molar-refractivity contribution >= 4 is 0 Å². The largest absolute Gasteiger partial charge is 0.494 e. The van der Waals surface area contributed by atoms with Crippen LogP contribution in [0.3, 0.4) is 0 Å². The van der Waals surface area contributed by atoms with Crippen molar-refractivity contribution in [2.45, 2.75) is 52.1 Å². The minimum Gasteiger partial charge on any atom is -0.494 e. The molecular weight excluding hydrogens is 248 g/mol. The van der Waals surface area contributed by atoms with Crippen LogP contribution in [-0.4, -0.2) is 12.6 Å². The van der Waals surface area contributed by atoms with Gasteiger partial charge < -0.3 is 10.1 Å². The van der Waals surface area contributed by atoms with Crippen molar-refractivity contribution < 1.29 is 4.74 Å². The smallest absolute Gasteiger partial charge is 0.119 e. The van der Waals surface area contributed by atoms with Gasteiger partial charge in [0.25, 0.3) is 0 Å². The zero-order valence-corrected chi connectivity index (χ0v) is 12.5. The third-order valence-electron chi connectivity index (χ3n) is 3.61. The highest BCUT2D eigenvalue weighted by atomic mass is 16.5. The van der Waals surface area contributed by atoms with Gasteiger partial charge in [-0.2, -0.15) is 5.26 Å². The predicted molar refractivity (Wildman–Crippen MR) is 80.4 cm³/mol. The summed E-state index contributed by atoms with van der Waals surface area (Å²) in [6.45, 7) is 5.55. The Bertz CT molecular complexity index is 455. The van der Waals surface area contributed by atoms with Crippen molar-refractivity contribution in [3.8, 4) is 11.8 Å². The monoisotopic (exact) mass is 272 g/mol. The highest BCUT2D eigenvalue weighted by Crippen LogP contribution is 2.22. The molecule has 3 nitrogen and oxygen atoms in total. The Hall–Kier alpha value is -1.53. The topological polar surface area (TPSA) is 45.0 Å². The van der Waals surface area contributed by atoms with Crippen LogP contribution in [0.25, 0.3) is 0 Å². The molecule has 1 aliphatic rings. The van der Waals surface area contributed by atoms with Crippen LogP contribution in [-0.2, 0) is 6.54 Å². The molecule has 0 bridgehead atoms. The van der Waals surface area contributed by atoms with Crippen molar-refractivity contribution in [1.29, 1.82) is 5.26 Å². The Balaban J connectivity index is 1.66. The molecular formula is C17H24N2O.